The van der Waals surface area contributed by atoms with Crippen LogP contribution in [0.4, 0.5) is 5.69 Å². The van der Waals surface area contributed by atoms with Gasteiger partial charge in [0.05, 0.1) is 18.2 Å². The molecule has 5 heterocycles. The number of nitrogens with zero attached hydrogens (tertiary/aromatic N) is 8. The van der Waals surface area contributed by atoms with Crippen molar-refractivity contribution in [3.05, 3.63) is 59.2 Å². The third-order valence-corrected chi connectivity index (χ3v) is 7.20. The maximum Gasteiger partial charge on any atom is 0.280 e. The monoisotopic (exact) mass is 402 g/mol. The minimum absolute atomic E-state index is 0.0559. The Bertz CT molecular complexity index is 1350. The molecule has 4 aromatic rings. The van der Waals surface area contributed by atoms with E-state index in [1.54, 1.807) is 24.1 Å². The smallest absolute Gasteiger partial charge is 0.280 e. The predicted molar refractivity (Wildman–Crippen MR) is 105 cm³/mol. The summed E-state index contributed by atoms with van der Waals surface area (Å²) in [6, 6.07) is 4.63. The van der Waals surface area contributed by atoms with Gasteiger partial charge in [0.15, 0.2) is 17.0 Å². The molecule has 2 saturated carbocycles. The van der Waals surface area contributed by atoms with Gasteiger partial charge in [-0.2, -0.15) is 4.98 Å². The van der Waals surface area contributed by atoms with E-state index in [2.05, 4.69) is 36.1 Å². The van der Waals surface area contributed by atoms with Crippen LogP contribution in [0.2, 0.25) is 0 Å². The van der Waals surface area contributed by atoms with Crippen LogP contribution in [0.15, 0.2) is 46.5 Å². The van der Waals surface area contributed by atoms with Gasteiger partial charge >= 0.3 is 0 Å². The number of hydrogen-bond acceptors (Lipinski definition) is 8. The third-order valence-electron chi connectivity index (χ3n) is 7.20. The lowest BCUT2D eigenvalue weighted by atomic mass is 9.77. The number of imidazole rings is 1. The van der Waals surface area contributed by atoms with Gasteiger partial charge in [0.25, 0.3) is 5.56 Å². The predicted octanol–water partition coefficient (Wildman–Crippen LogP) is 0.733. The molecule has 10 heteroatoms. The summed E-state index contributed by atoms with van der Waals surface area (Å²) in [7, 11) is 1.78. The van der Waals surface area contributed by atoms with Gasteiger partial charge in [0.1, 0.15) is 12.9 Å². The van der Waals surface area contributed by atoms with Crippen LogP contribution < -0.4 is 10.5 Å². The molecule has 4 atom stereocenters. The SMILES string of the molecule is Cn1cnc2ncn(Cc3nc([C@]45CC6C4[C@H]5CN6c4cccnc4)no3)c(=O)c21. The molecular weight excluding hydrogens is 384 g/mol. The molecule has 1 saturated heterocycles. The summed E-state index contributed by atoms with van der Waals surface area (Å²) < 4.78 is 8.68. The fourth-order valence-corrected chi connectivity index (χ4v) is 5.75. The second-order valence-corrected chi connectivity index (χ2v) is 8.52. The summed E-state index contributed by atoms with van der Waals surface area (Å²) in [5.41, 5.74) is 1.98. The highest BCUT2D eigenvalue weighted by molar-refractivity contribution is 5.68. The van der Waals surface area contributed by atoms with Gasteiger partial charge in [-0.15, -0.1) is 0 Å². The molecule has 10 nitrogen and oxygen atoms in total. The van der Waals surface area contributed by atoms with Gasteiger partial charge in [-0.3, -0.25) is 14.3 Å². The summed E-state index contributed by atoms with van der Waals surface area (Å²) in [6.45, 7) is 1.21. The third kappa shape index (κ3) is 1.88. The molecule has 0 aromatic carbocycles. The highest BCUT2D eigenvalue weighted by atomic mass is 16.5. The van der Waals surface area contributed by atoms with Crippen molar-refractivity contribution in [1.82, 2.24) is 34.2 Å². The molecular formula is C20H18N8O2. The molecule has 0 spiro atoms. The first-order valence-electron chi connectivity index (χ1n) is 10.0. The van der Waals surface area contributed by atoms with E-state index < -0.39 is 0 Å². The Hall–Kier alpha value is -3.56. The van der Waals surface area contributed by atoms with E-state index in [0.717, 1.165) is 18.8 Å². The van der Waals surface area contributed by atoms with Crippen molar-refractivity contribution in [1.29, 1.82) is 0 Å². The van der Waals surface area contributed by atoms with Crippen molar-refractivity contribution < 1.29 is 4.52 Å². The van der Waals surface area contributed by atoms with Crippen LogP contribution in [0.5, 0.6) is 0 Å². The second-order valence-electron chi connectivity index (χ2n) is 8.52. The van der Waals surface area contributed by atoms with E-state index >= 15 is 0 Å². The largest absolute Gasteiger partial charge is 0.367 e. The first-order valence-corrected chi connectivity index (χ1v) is 10.0. The Morgan fingerprint density at radius 1 is 1.30 bits per heavy atom. The van der Waals surface area contributed by atoms with E-state index in [0.29, 0.717) is 34.9 Å². The summed E-state index contributed by atoms with van der Waals surface area (Å²) in [5, 5.41) is 4.29. The van der Waals surface area contributed by atoms with Gasteiger partial charge in [-0.1, -0.05) is 5.16 Å². The van der Waals surface area contributed by atoms with E-state index in [4.69, 9.17) is 4.52 Å². The first-order chi connectivity index (χ1) is 14.7. The van der Waals surface area contributed by atoms with Crippen LogP contribution in [0.1, 0.15) is 18.1 Å². The fourth-order valence-electron chi connectivity index (χ4n) is 5.75. The maximum atomic E-state index is 12.7. The van der Waals surface area contributed by atoms with Crippen molar-refractivity contribution >= 4 is 16.9 Å². The molecule has 0 amide bonds. The number of hydrogen-bond donors (Lipinski definition) is 0. The lowest BCUT2D eigenvalue weighted by Gasteiger charge is -2.43. The Morgan fingerprint density at radius 3 is 2.97 bits per heavy atom. The zero-order valence-electron chi connectivity index (χ0n) is 16.2. The molecule has 2 aliphatic carbocycles. The van der Waals surface area contributed by atoms with E-state index in [9.17, 15) is 4.79 Å². The minimum atomic E-state index is -0.169. The molecule has 30 heavy (non-hydrogen) atoms. The highest BCUT2D eigenvalue weighted by Crippen LogP contribution is 2.77. The molecule has 2 unspecified atom stereocenters. The normalized spacial score (nSPS) is 28.6. The molecule has 0 N–H and O–H groups in total. The highest BCUT2D eigenvalue weighted by Gasteiger charge is 2.83. The van der Waals surface area contributed by atoms with Crippen molar-refractivity contribution in [2.75, 3.05) is 11.4 Å². The van der Waals surface area contributed by atoms with Crippen LogP contribution in [0.3, 0.4) is 0 Å². The van der Waals surface area contributed by atoms with Crippen LogP contribution in [0, 0.1) is 11.8 Å². The van der Waals surface area contributed by atoms with E-state index in [1.165, 1.54) is 16.6 Å². The second kappa shape index (κ2) is 5.32. The molecule has 1 aliphatic heterocycles. The summed E-state index contributed by atoms with van der Waals surface area (Å²) in [4.78, 5) is 32.5. The van der Waals surface area contributed by atoms with Crippen LogP contribution in [0.25, 0.3) is 11.2 Å². The Morgan fingerprint density at radius 2 is 2.20 bits per heavy atom. The van der Waals surface area contributed by atoms with E-state index in [1.807, 2.05) is 12.3 Å². The van der Waals surface area contributed by atoms with Gasteiger partial charge in [-0.25, -0.2) is 9.97 Å². The standard InChI is InChI=1S/C20H18N8O2/c1-26-9-22-17-16(26)18(29)27(10-23-17)8-14-24-19(25-30-14)20-5-13-15(20)12(20)7-28(13)11-3-2-4-21-6-11/h2-4,6,9-10,12-13,15H,5,7-8H2,1H3/t12-,13?,15?,20+/m1/s1. The fraction of sp³-hybridized carbons (Fsp3) is 0.400. The van der Waals surface area contributed by atoms with Crippen LogP contribution in [-0.2, 0) is 19.0 Å². The zero-order valence-corrected chi connectivity index (χ0v) is 16.2. The Labute approximate surface area is 170 Å². The molecule has 4 aromatic heterocycles. The minimum Gasteiger partial charge on any atom is -0.367 e. The topological polar surface area (TPSA) is 108 Å². The molecule has 0 bridgehead atoms. The number of aromatic nitrogens is 7. The Balaban J connectivity index is 1.13. The number of aryl methyl sites for hydroxylation is 1. The molecule has 3 aliphatic rings. The van der Waals surface area contributed by atoms with Crippen molar-refractivity contribution in [2.45, 2.75) is 24.4 Å². The zero-order chi connectivity index (χ0) is 20.0. The number of anilines is 1. The average Bonchev–Trinajstić information content (AvgIpc) is 3.23. The lowest BCUT2D eigenvalue weighted by molar-refractivity contribution is 0.279. The first kappa shape index (κ1) is 16.3. The van der Waals surface area contributed by atoms with Crippen LogP contribution >= 0.6 is 0 Å². The molecule has 0 radical (unpaired) electrons. The summed E-state index contributed by atoms with van der Waals surface area (Å²) in [6.07, 6.45) is 7.84. The summed E-state index contributed by atoms with van der Waals surface area (Å²) >= 11 is 0. The number of piperidine rings is 2. The quantitative estimate of drug-likeness (QED) is 0.492. The molecule has 7 rings (SSSR count). The average molecular weight is 402 g/mol. The van der Waals surface area contributed by atoms with Crippen LogP contribution in [-0.4, -0.2) is 46.8 Å². The lowest BCUT2D eigenvalue weighted by Crippen LogP contribution is -2.50. The van der Waals surface area contributed by atoms with Gasteiger partial charge in [0.2, 0.25) is 5.89 Å². The van der Waals surface area contributed by atoms with Crippen molar-refractivity contribution in [2.24, 2.45) is 18.9 Å². The number of pyridine rings is 1. The van der Waals surface area contributed by atoms with Gasteiger partial charge in [-0.05, 0) is 30.4 Å². The maximum absolute atomic E-state index is 12.7. The summed E-state index contributed by atoms with van der Waals surface area (Å²) in [5.74, 6) is 2.36. The number of rotatable bonds is 4. The van der Waals surface area contributed by atoms with Gasteiger partial charge < -0.3 is 14.0 Å². The van der Waals surface area contributed by atoms with Gasteiger partial charge in [0, 0.05) is 31.2 Å². The molecule has 150 valence electrons. The van der Waals surface area contributed by atoms with Crippen molar-refractivity contribution in [3.8, 4) is 0 Å². The Kier molecular flexibility index (Phi) is 2.88. The molecule has 3 fully saturated rings. The van der Waals surface area contributed by atoms with Crippen molar-refractivity contribution in [3.63, 3.8) is 0 Å². The van der Waals surface area contributed by atoms with E-state index in [-0.39, 0.29) is 17.5 Å². The number of fused-ring (bicyclic) bond motifs is 2.